The summed E-state index contributed by atoms with van der Waals surface area (Å²) in [6, 6.07) is 8.32. The molecule has 1 aliphatic rings. The Kier molecular flexibility index (Phi) is 7.48. The lowest BCUT2D eigenvalue weighted by Gasteiger charge is -2.35. The number of aryl methyl sites for hydroxylation is 1. The minimum Gasteiger partial charge on any atom is -0.493 e. The molecule has 0 N–H and O–H groups in total. The first-order chi connectivity index (χ1) is 14.7. The summed E-state index contributed by atoms with van der Waals surface area (Å²) in [5, 5.41) is 0.578. The van der Waals surface area contributed by atoms with Gasteiger partial charge in [0.1, 0.15) is 5.82 Å². The van der Waals surface area contributed by atoms with Gasteiger partial charge in [-0.05, 0) is 36.2 Å². The molecular formula is C21H23ClF3N3O3. The molecule has 0 unspecified atom stereocenters. The molecule has 0 saturated carbocycles. The van der Waals surface area contributed by atoms with E-state index in [4.69, 9.17) is 21.1 Å². The van der Waals surface area contributed by atoms with E-state index in [1.807, 2.05) is 11.0 Å². The van der Waals surface area contributed by atoms with Crippen molar-refractivity contribution in [2.24, 2.45) is 0 Å². The van der Waals surface area contributed by atoms with Crippen LogP contribution in [-0.2, 0) is 11.2 Å². The van der Waals surface area contributed by atoms with E-state index in [0.717, 1.165) is 11.4 Å². The second-order valence-electron chi connectivity index (χ2n) is 7.09. The average molecular weight is 458 g/mol. The van der Waals surface area contributed by atoms with Gasteiger partial charge in [-0.3, -0.25) is 4.79 Å². The fourth-order valence-corrected chi connectivity index (χ4v) is 3.41. The van der Waals surface area contributed by atoms with E-state index >= 15 is 0 Å². The average Bonchev–Trinajstić information content (AvgIpc) is 2.76. The number of ether oxygens (including phenoxy) is 2. The number of nitrogens with zero attached hydrogens (tertiary/aromatic N) is 3. The Balaban J connectivity index is 1.49. The van der Waals surface area contributed by atoms with E-state index in [1.165, 1.54) is 13.2 Å². The first-order valence-corrected chi connectivity index (χ1v) is 10.1. The molecule has 2 heterocycles. The maximum Gasteiger partial charge on any atom is 0.422 e. The number of halogens is 4. The number of carbonyl (C=O) groups is 1. The summed E-state index contributed by atoms with van der Waals surface area (Å²) in [4.78, 5) is 20.8. The highest BCUT2D eigenvalue weighted by Gasteiger charge is 2.29. The van der Waals surface area contributed by atoms with Crippen LogP contribution in [0, 0.1) is 0 Å². The number of piperazine rings is 1. The molecule has 0 atom stereocenters. The molecule has 3 rings (SSSR count). The third-order valence-corrected chi connectivity index (χ3v) is 5.14. The molecule has 1 aromatic heterocycles. The lowest BCUT2D eigenvalue weighted by molar-refractivity contribution is -0.153. The number of amides is 1. The maximum atomic E-state index is 12.6. The first kappa shape index (κ1) is 23.0. The molecule has 0 aliphatic carbocycles. The second kappa shape index (κ2) is 10.1. The fraction of sp³-hybridized carbons (Fsp3) is 0.429. The minimum atomic E-state index is -4.43. The van der Waals surface area contributed by atoms with Gasteiger partial charge in [-0.1, -0.05) is 17.7 Å². The van der Waals surface area contributed by atoms with Crippen LogP contribution in [0.25, 0.3) is 0 Å². The molecule has 1 fully saturated rings. The molecular weight excluding hydrogens is 435 g/mol. The van der Waals surface area contributed by atoms with E-state index in [9.17, 15) is 18.0 Å². The van der Waals surface area contributed by atoms with Gasteiger partial charge in [-0.25, -0.2) is 4.98 Å². The van der Waals surface area contributed by atoms with Crippen molar-refractivity contribution in [3.63, 3.8) is 0 Å². The molecule has 168 valence electrons. The second-order valence-corrected chi connectivity index (χ2v) is 7.53. The number of hydrogen-bond acceptors (Lipinski definition) is 5. The van der Waals surface area contributed by atoms with Gasteiger partial charge in [0, 0.05) is 38.8 Å². The summed E-state index contributed by atoms with van der Waals surface area (Å²) in [5.74, 6) is 1.08. The van der Waals surface area contributed by atoms with Gasteiger partial charge in [0.05, 0.1) is 12.1 Å². The van der Waals surface area contributed by atoms with Crippen LogP contribution in [0.15, 0.2) is 36.5 Å². The number of benzene rings is 1. The van der Waals surface area contributed by atoms with Crippen LogP contribution in [-0.4, -0.2) is 61.9 Å². The van der Waals surface area contributed by atoms with Crippen molar-refractivity contribution in [2.75, 3.05) is 44.8 Å². The number of methoxy groups -OCH3 is 1. The largest absolute Gasteiger partial charge is 0.493 e. The van der Waals surface area contributed by atoms with Gasteiger partial charge in [0.2, 0.25) is 5.91 Å². The molecule has 0 bridgehead atoms. The normalized spacial score (nSPS) is 14.5. The van der Waals surface area contributed by atoms with Crippen LogP contribution in [0.1, 0.15) is 12.0 Å². The van der Waals surface area contributed by atoms with E-state index in [1.54, 1.807) is 24.4 Å². The van der Waals surface area contributed by atoms with Crippen LogP contribution in [0.2, 0.25) is 5.02 Å². The molecule has 0 radical (unpaired) electrons. The Morgan fingerprint density at radius 3 is 2.48 bits per heavy atom. The number of pyridine rings is 1. The van der Waals surface area contributed by atoms with Crippen molar-refractivity contribution in [1.82, 2.24) is 9.88 Å². The van der Waals surface area contributed by atoms with Crippen molar-refractivity contribution in [1.29, 1.82) is 0 Å². The van der Waals surface area contributed by atoms with Crippen LogP contribution in [0.3, 0.4) is 0 Å². The number of hydrogen-bond donors (Lipinski definition) is 0. The van der Waals surface area contributed by atoms with Crippen molar-refractivity contribution >= 4 is 23.3 Å². The maximum absolute atomic E-state index is 12.6. The van der Waals surface area contributed by atoms with Gasteiger partial charge in [-0.15, -0.1) is 0 Å². The van der Waals surface area contributed by atoms with Crippen molar-refractivity contribution in [3.05, 3.63) is 47.1 Å². The fourth-order valence-electron chi connectivity index (χ4n) is 3.30. The molecule has 31 heavy (non-hydrogen) atoms. The zero-order chi connectivity index (χ0) is 22.4. The zero-order valence-corrected chi connectivity index (χ0v) is 17.7. The Hall–Kier alpha value is -2.68. The molecule has 1 saturated heterocycles. The topological polar surface area (TPSA) is 54.9 Å². The first-order valence-electron chi connectivity index (χ1n) is 9.76. The zero-order valence-electron chi connectivity index (χ0n) is 17.0. The monoisotopic (exact) mass is 457 g/mol. The number of aromatic nitrogens is 1. The van der Waals surface area contributed by atoms with Crippen LogP contribution < -0.4 is 14.4 Å². The van der Waals surface area contributed by atoms with Crippen LogP contribution in [0.5, 0.6) is 11.5 Å². The predicted molar refractivity (Wildman–Crippen MR) is 111 cm³/mol. The van der Waals surface area contributed by atoms with E-state index in [0.29, 0.717) is 44.0 Å². The highest BCUT2D eigenvalue weighted by Crippen LogP contribution is 2.30. The van der Waals surface area contributed by atoms with E-state index in [2.05, 4.69) is 9.88 Å². The summed E-state index contributed by atoms with van der Waals surface area (Å²) >= 11 is 5.87. The van der Waals surface area contributed by atoms with Crippen molar-refractivity contribution in [3.8, 4) is 11.5 Å². The van der Waals surface area contributed by atoms with Crippen molar-refractivity contribution < 1.29 is 27.4 Å². The third-order valence-electron chi connectivity index (χ3n) is 4.92. The molecule has 10 heteroatoms. The molecule has 2 aromatic rings. The quantitative estimate of drug-likeness (QED) is 0.630. The number of carbonyl (C=O) groups excluding carboxylic acids is 1. The molecule has 0 spiro atoms. The highest BCUT2D eigenvalue weighted by molar-refractivity contribution is 6.30. The minimum absolute atomic E-state index is 0.0156. The molecule has 6 nitrogen and oxygen atoms in total. The van der Waals surface area contributed by atoms with Gasteiger partial charge in [-0.2, -0.15) is 13.2 Å². The Morgan fingerprint density at radius 1 is 1.13 bits per heavy atom. The summed E-state index contributed by atoms with van der Waals surface area (Å²) in [5.41, 5.74) is 0.786. The summed E-state index contributed by atoms with van der Waals surface area (Å²) in [7, 11) is 1.36. The molecule has 1 aliphatic heterocycles. The van der Waals surface area contributed by atoms with Crippen molar-refractivity contribution in [2.45, 2.75) is 19.0 Å². The number of anilines is 1. The predicted octanol–water partition coefficient (Wildman–Crippen LogP) is 3.97. The Labute approximate surface area is 183 Å². The summed E-state index contributed by atoms with van der Waals surface area (Å²) in [6.07, 6.45) is -2.08. The van der Waals surface area contributed by atoms with Crippen LogP contribution in [0.4, 0.5) is 19.0 Å². The van der Waals surface area contributed by atoms with E-state index < -0.39 is 12.8 Å². The summed E-state index contributed by atoms with van der Waals surface area (Å²) < 4.78 is 47.0. The van der Waals surface area contributed by atoms with Gasteiger partial charge in [0.15, 0.2) is 18.1 Å². The van der Waals surface area contributed by atoms with E-state index in [-0.39, 0.29) is 17.4 Å². The third kappa shape index (κ3) is 6.65. The smallest absolute Gasteiger partial charge is 0.422 e. The van der Waals surface area contributed by atoms with Gasteiger partial charge < -0.3 is 19.3 Å². The molecule has 1 amide bonds. The lowest BCUT2D eigenvalue weighted by atomic mass is 10.1. The van der Waals surface area contributed by atoms with Gasteiger partial charge >= 0.3 is 6.18 Å². The summed E-state index contributed by atoms with van der Waals surface area (Å²) in [6.45, 7) is 1.16. The Morgan fingerprint density at radius 2 is 1.87 bits per heavy atom. The lowest BCUT2D eigenvalue weighted by Crippen LogP contribution is -2.49. The van der Waals surface area contributed by atoms with Gasteiger partial charge in [0.25, 0.3) is 0 Å². The Bertz CT molecular complexity index is 886. The number of rotatable bonds is 7. The molecule has 1 aromatic carbocycles. The van der Waals surface area contributed by atoms with Crippen LogP contribution >= 0.6 is 11.6 Å². The highest BCUT2D eigenvalue weighted by atomic mass is 35.5. The number of alkyl halides is 3. The standard InChI is InChI=1S/C21H23ClF3N3O3/c1-30-18-12-15(2-5-17(18)31-14-21(23,24)25)3-7-20(29)28-10-8-27(9-11-28)19-6-4-16(22)13-26-19/h2,4-6,12-13H,3,7-11,14H2,1H3. The SMILES string of the molecule is COc1cc(CCC(=O)N2CCN(c3ccc(Cl)cn3)CC2)ccc1OCC(F)(F)F.